The number of nitrogens with one attached hydrogen (secondary N) is 5. The van der Waals surface area contributed by atoms with E-state index in [1.165, 1.54) is 0 Å². The second-order valence-electron chi connectivity index (χ2n) is 10.3. The number of hydrogen-bond donors (Lipinski definition) is 13. The maximum atomic E-state index is 13.1. The third-order valence-electron chi connectivity index (χ3n) is 5.93. The largest absolute Gasteiger partial charge is 0.480 e. The second kappa shape index (κ2) is 20.0. The summed E-state index contributed by atoms with van der Waals surface area (Å²) in [6, 6.07) is -11.2. The highest BCUT2D eigenvalue weighted by Gasteiger charge is 2.35. The van der Waals surface area contributed by atoms with E-state index in [0.29, 0.717) is 0 Å². The number of carbonyl (C=O) groups excluding carboxylic acids is 11. The predicted molar refractivity (Wildman–Crippen MR) is 158 cm³/mol. The van der Waals surface area contributed by atoms with Gasteiger partial charge in [0.2, 0.25) is 65.0 Å². The number of nitrogens with two attached hydrogens (primary N) is 7. The number of aliphatic carboxylic acids is 1. The molecule has 25 nitrogen and oxygen atoms in total. The highest BCUT2D eigenvalue weighted by Crippen LogP contribution is 2.04. The maximum absolute atomic E-state index is 13.1. The summed E-state index contributed by atoms with van der Waals surface area (Å²) in [6.45, 7) is 0. The molecule has 272 valence electrons. The van der Waals surface area contributed by atoms with Crippen molar-refractivity contribution in [3.05, 3.63) is 0 Å². The van der Waals surface area contributed by atoms with Crippen LogP contribution in [0.3, 0.4) is 0 Å². The molecule has 11 amide bonds. The van der Waals surface area contributed by atoms with Gasteiger partial charge in [-0.25, -0.2) is 4.79 Å². The molecule has 0 heterocycles. The lowest BCUT2D eigenvalue weighted by Crippen LogP contribution is -2.60. The topological polar surface area (TPSA) is 467 Å². The van der Waals surface area contributed by atoms with Crippen LogP contribution in [0.1, 0.15) is 38.5 Å². The number of hydrogen-bond acceptors (Lipinski definition) is 13. The summed E-state index contributed by atoms with van der Waals surface area (Å²) in [4.78, 5) is 144. The molecule has 0 radical (unpaired) electrons. The normalized spacial score (nSPS) is 14.1. The zero-order valence-corrected chi connectivity index (χ0v) is 25.6. The first-order valence-corrected chi connectivity index (χ1v) is 13.7. The van der Waals surface area contributed by atoms with E-state index in [2.05, 4.69) is 0 Å². The van der Waals surface area contributed by atoms with Crippen LogP contribution in [-0.2, 0) is 57.5 Å². The summed E-state index contributed by atoms with van der Waals surface area (Å²) in [5.41, 5.74) is 35.9. The first kappa shape index (κ1) is 42.6. The lowest BCUT2D eigenvalue weighted by atomic mass is 10.1. The van der Waals surface area contributed by atoms with Crippen molar-refractivity contribution < 1.29 is 62.6 Å². The molecule has 20 N–H and O–H groups in total. The summed E-state index contributed by atoms with van der Waals surface area (Å²) in [6.07, 6.45) is -5.39. The van der Waals surface area contributed by atoms with Gasteiger partial charge in [-0.2, -0.15) is 0 Å². The fourth-order valence-electron chi connectivity index (χ4n) is 3.72. The van der Waals surface area contributed by atoms with Gasteiger partial charge >= 0.3 is 5.97 Å². The van der Waals surface area contributed by atoms with Crippen molar-refractivity contribution in [3.63, 3.8) is 0 Å². The van der Waals surface area contributed by atoms with Crippen molar-refractivity contribution in [1.82, 2.24) is 26.6 Å². The summed E-state index contributed by atoms with van der Waals surface area (Å²) >= 11 is 0. The molecule has 0 aromatic heterocycles. The average Bonchev–Trinajstić information content (AvgIpc) is 2.93. The molecule has 0 saturated heterocycles. The van der Waals surface area contributed by atoms with Crippen LogP contribution in [0.15, 0.2) is 0 Å². The van der Waals surface area contributed by atoms with Crippen LogP contribution < -0.4 is 66.7 Å². The Balaban J connectivity index is 6.20. The van der Waals surface area contributed by atoms with Gasteiger partial charge in [0.25, 0.3) is 0 Å². The fourth-order valence-corrected chi connectivity index (χ4v) is 3.72. The van der Waals surface area contributed by atoms with Gasteiger partial charge in [-0.15, -0.1) is 0 Å². The quantitative estimate of drug-likeness (QED) is 0.0470. The van der Waals surface area contributed by atoms with Crippen molar-refractivity contribution >= 4 is 70.9 Å². The van der Waals surface area contributed by atoms with Crippen LogP contribution in [0.4, 0.5) is 0 Å². The zero-order chi connectivity index (χ0) is 38.2. The molecule has 6 atom stereocenters. The van der Waals surface area contributed by atoms with Crippen molar-refractivity contribution in [2.24, 2.45) is 40.1 Å². The van der Waals surface area contributed by atoms with E-state index in [4.69, 9.17) is 40.1 Å². The van der Waals surface area contributed by atoms with Crippen molar-refractivity contribution in [3.8, 4) is 0 Å². The van der Waals surface area contributed by atoms with Crippen molar-refractivity contribution in [1.29, 1.82) is 0 Å². The summed E-state index contributed by atoms with van der Waals surface area (Å²) < 4.78 is 0. The van der Waals surface area contributed by atoms with Crippen LogP contribution in [0.5, 0.6) is 0 Å². The maximum Gasteiger partial charge on any atom is 0.326 e. The Morgan fingerprint density at radius 3 is 0.796 bits per heavy atom. The molecule has 0 saturated carbocycles. The smallest absolute Gasteiger partial charge is 0.326 e. The molecule has 0 unspecified atom stereocenters. The van der Waals surface area contributed by atoms with Gasteiger partial charge in [0, 0.05) is 0 Å². The van der Waals surface area contributed by atoms with Crippen molar-refractivity contribution in [2.75, 3.05) is 0 Å². The number of primary amides is 6. The van der Waals surface area contributed by atoms with E-state index < -0.39 is 146 Å². The molecule has 0 aliphatic rings. The Labute approximate surface area is 275 Å². The lowest BCUT2D eigenvalue weighted by molar-refractivity contribution is -0.144. The van der Waals surface area contributed by atoms with E-state index in [-0.39, 0.29) is 0 Å². The molecule has 0 spiro atoms. The number of carboxylic acid groups (broad SMARTS) is 1. The van der Waals surface area contributed by atoms with E-state index >= 15 is 0 Å². The van der Waals surface area contributed by atoms with E-state index in [1.54, 1.807) is 0 Å². The van der Waals surface area contributed by atoms with Crippen LogP contribution in [-0.4, -0.2) is 112 Å². The standard InChI is InChI=1S/C24H38N12O13/c25-7(1-13(26)37)19(43)32-8(2-14(27)38)20(44)33-9(3-15(28)39)21(45)34-10(4-16(29)40)22(46)35-11(5-17(30)41)23(47)36-12(24(48)49)6-18(31)42/h7-12H,1-6,25H2,(H2,26,37)(H2,27,38)(H2,28,39)(H2,29,40)(H2,30,41)(H2,31,42)(H,32,43)(H,33,44)(H,34,45)(H,35,46)(H,36,47)(H,48,49)/t7-,8-,9-,10-,11-,12-/m0/s1. The molecule has 25 heteroatoms. The molecule has 0 bridgehead atoms. The SMILES string of the molecule is NC(=O)C[C@H](NC(=O)[C@H](CC(N)=O)NC(=O)[C@H](CC(N)=O)NC(=O)[C@H](CC(N)=O)NC(=O)[C@H](CC(N)=O)NC(=O)[C@@H](N)CC(N)=O)C(=O)O. The Bertz CT molecular complexity index is 1370. The highest BCUT2D eigenvalue weighted by atomic mass is 16.4. The number of carboxylic acids is 1. The first-order chi connectivity index (χ1) is 22.5. The molecule has 0 aliphatic heterocycles. The van der Waals surface area contributed by atoms with Gasteiger partial charge < -0.3 is 71.8 Å². The molecule has 0 aliphatic carbocycles. The molecule has 0 fully saturated rings. The molecule has 0 aromatic carbocycles. The van der Waals surface area contributed by atoms with Gasteiger partial charge in [0.1, 0.15) is 30.2 Å². The number of amides is 11. The van der Waals surface area contributed by atoms with Gasteiger partial charge in [0.05, 0.1) is 44.6 Å². The third kappa shape index (κ3) is 17.2. The average molecular weight is 703 g/mol. The monoisotopic (exact) mass is 702 g/mol. The van der Waals surface area contributed by atoms with Gasteiger partial charge in [0.15, 0.2) is 0 Å². The summed E-state index contributed by atoms with van der Waals surface area (Å²) in [5, 5.41) is 19.0. The fraction of sp³-hybridized carbons (Fsp3) is 0.500. The van der Waals surface area contributed by atoms with Crippen LogP contribution in [0.2, 0.25) is 0 Å². The minimum atomic E-state index is -2.01. The van der Waals surface area contributed by atoms with Crippen LogP contribution in [0, 0.1) is 0 Å². The van der Waals surface area contributed by atoms with Gasteiger partial charge in [-0.05, 0) is 0 Å². The first-order valence-electron chi connectivity index (χ1n) is 13.7. The lowest BCUT2D eigenvalue weighted by Gasteiger charge is -2.26. The molecule has 0 aromatic rings. The highest BCUT2D eigenvalue weighted by molar-refractivity contribution is 6.00. The Morgan fingerprint density at radius 2 is 0.571 bits per heavy atom. The second-order valence-corrected chi connectivity index (χ2v) is 10.3. The molecule has 49 heavy (non-hydrogen) atoms. The van der Waals surface area contributed by atoms with Gasteiger partial charge in [-0.1, -0.05) is 0 Å². The van der Waals surface area contributed by atoms with Gasteiger partial charge in [-0.3, -0.25) is 52.7 Å². The zero-order valence-electron chi connectivity index (χ0n) is 25.6. The number of carbonyl (C=O) groups is 12. The predicted octanol–water partition coefficient (Wildman–Crippen LogP) is -9.93. The Hall–Kier alpha value is -6.40. The summed E-state index contributed by atoms with van der Waals surface area (Å²) in [7, 11) is 0. The van der Waals surface area contributed by atoms with E-state index in [0.717, 1.165) is 0 Å². The minimum absolute atomic E-state index is 0.664. The molecular formula is C24H38N12O13. The Morgan fingerprint density at radius 1 is 0.367 bits per heavy atom. The van der Waals surface area contributed by atoms with Crippen molar-refractivity contribution in [2.45, 2.75) is 74.8 Å². The molecular weight excluding hydrogens is 664 g/mol. The van der Waals surface area contributed by atoms with Crippen LogP contribution >= 0.6 is 0 Å². The van der Waals surface area contributed by atoms with E-state index in [1.807, 2.05) is 26.6 Å². The Kier molecular flexibility index (Phi) is 17.4. The van der Waals surface area contributed by atoms with E-state index in [9.17, 15) is 62.6 Å². The third-order valence-corrected chi connectivity index (χ3v) is 5.93. The number of rotatable bonds is 23. The van der Waals surface area contributed by atoms with Crippen LogP contribution in [0.25, 0.3) is 0 Å². The molecule has 0 rings (SSSR count). The minimum Gasteiger partial charge on any atom is -0.480 e. The summed E-state index contributed by atoms with van der Waals surface area (Å²) in [5.74, 6) is -15.2.